The highest BCUT2D eigenvalue weighted by Crippen LogP contribution is 2.46. The number of ether oxygens (including phenoxy) is 2. The van der Waals surface area contributed by atoms with Crippen LogP contribution in [0.1, 0.15) is 13.8 Å². The molecule has 108 valence electrons. The van der Waals surface area contributed by atoms with Crippen LogP contribution in [-0.2, 0) is 23.9 Å². The molecule has 1 amide bonds. The number of thioether (sulfide) groups is 1. The largest absolute Gasteiger partial charge is 0.462 e. The molecule has 0 aliphatic carbocycles. The Morgan fingerprint density at radius 3 is 2.90 bits per heavy atom. The number of esters is 2. The Kier molecular flexibility index (Phi) is 4.17. The fourth-order valence-electron chi connectivity index (χ4n) is 2.20. The fraction of sp³-hybridized carbons (Fsp3) is 0.462. The molecule has 0 aromatic rings. The second-order valence-electron chi connectivity index (χ2n) is 4.47. The van der Waals surface area contributed by atoms with Crippen LogP contribution < -0.4 is 0 Å². The van der Waals surface area contributed by atoms with Gasteiger partial charge >= 0.3 is 11.9 Å². The van der Waals surface area contributed by atoms with Gasteiger partial charge < -0.3 is 9.47 Å². The summed E-state index contributed by atoms with van der Waals surface area (Å²) in [5, 5.41) is 1.40. The number of amides is 1. The third-order valence-corrected chi connectivity index (χ3v) is 4.20. The highest BCUT2D eigenvalue weighted by Gasteiger charge is 2.56. The quantitative estimate of drug-likeness (QED) is 0.429. The van der Waals surface area contributed by atoms with Gasteiger partial charge in [-0.25, -0.2) is 4.79 Å². The molecule has 3 atom stereocenters. The normalized spacial score (nSPS) is 25.2. The zero-order chi connectivity index (χ0) is 14.9. The zero-order valence-corrected chi connectivity index (χ0v) is 12.0. The second-order valence-corrected chi connectivity index (χ2v) is 5.46. The van der Waals surface area contributed by atoms with Crippen molar-refractivity contribution < 1.29 is 23.9 Å². The molecular weight excluding hydrogens is 282 g/mol. The lowest BCUT2D eigenvalue weighted by atomic mass is 9.92. The van der Waals surface area contributed by atoms with Gasteiger partial charge in [-0.1, -0.05) is 12.7 Å². The van der Waals surface area contributed by atoms with E-state index in [0.717, 1.165) is 0 Å². The molecular formula is C13H15NO5S. The molecule has 2 rings (SSSR count). The molecule has 20 heavy (non-hydrogen) atoms. The van der Waals surface area contributed by atoms with Crippen molar-refractivity contribution in [1.29, 1.82) is 0 Å². The summed E-state index contributed by atoms with van der Waals surface area (Å²) in [6.45, 7) is 6.53. The summed E-state index contributed by atoms with van der Waals surface area (Å²) in [6.07, 6.45) is 0.951. The summed E-state index contributed by atoms with van der Waals surface area (Å²) in [5.74, 6) is -1.63. The first-order valence-corrected chi connectivity index (χ1v) is 7.05. The number of rotatable bonds is 5. The minimum Gasteiger partial charge on any atom is -0.462 e. The number of hydrogen-bond donors (Lipinski definition) is 0. The van der Waals surface area contributed by atoms with Crippen molar-refractivity contribution in [3.05, 3.63) is 23.8 Å². The van der Waals surface area contributed by atoms with Crippen molar-refractivity contribution in [2.45, 2.75) is 25.3 Å². The first kappa shape index (κ1) is 14.6. The predicted molar refractivity (Wildman–Crippen MR) is 72.2 cm³/mol. The predicted octanol–water partition coefficient (Wildman–Crippen LogP) is 1.04. The molecule has 2 aliphatic heterocycles. The highest BCUT2D eigenvalue weighted by atomic mass is 32.2. The Morgan fingerprint density at radius 1 is 1.60 bits per heavy atom. The maximum absolute atomic E-state index is 12.1. The monoisotopic (exact) mass is 297 g/mol. The standard InChI is InChI=1S/C13H15NO5S/c1-4-5-18-13(17)9-6-20-12-10(11(16)14(9)12)7(2)19-8(3)15/h4,6-7,10,12H,1,5H2,2-3H3/t7?,10?,12-/m1/s1. The second kappa shape index (κ2) is 5.70. The Morgan fingerprint density at radius 2 is 2.30 bits per heavy atom. The van der Waals surface area contributed by atoms with Crippen molar-refractivity contribution in [2.75, 3.05) is 6.61 Å². The van der Waals surface area contributed by atoms with Crippen LogP contribution in [0.3, 0.4) is 0 Å². The Labute approximate surface area is 120 Å². The van der Waals surface area contributed by atoms with Gasteiger partial charge in [0.25, 0.3) is 0 Å². The van der Waals surface area contributed by atoms with Gasteiger partial charge in [0, 0.05) is 12.3 Å². The van der Waals surface area contributed by atoms with Crippen LogP contribution in [0.2, 0.25) is 0 Å². The van der Waals surface area contributed by atoms with E-state index in [0.29, 0.717) is 0 Å². The lowest BCUT2D eigenvalue weighted by Gasteiger charge is -2.44. The molecule has 1 saturated heterocycles. The summed E-state index contributed by atoms with van der Waals surface area (Å²) in [7, 11) is 0. The summed E-state index contributed by atoms with van der Waals surface area (Å²) < 4.78 is 9.96. The van der Waals surface area contributed by atoms with Crippen molar-refractivity contribution in [3.8, 4) is 0 Å². The molecule has 2 aliphatic rings. The lowest BCUT2D eigenvalue weighted by molar-refractivity contribution is -0.165. The molecule has 0 bridgehead atoms. The maximum Gasteiger partial charge on any atom is 0.355 e. The van der Waals surface area contributed by atoms with E-state index < -0.39 is 24.0 Å². The van der Waals surface area contributed by atoms with Gasteiger partial charge in [0.15, 0.2) is 0 Å². The third kappa shape index (κ3) is 2.45. The molecule has 6 nitrogen and oxygen atoms in total. The van der Waals surface area contributed by atoms with Crippen LogP contribution in [0.4, 0.5) is 0 Å². The lowest BCUT2D eigenvalue weighted by Crippen LogP contribution is -2.61. The van der Waals surface area contributed by atoms with Crippen LogP contribution in [-0.4, -0.2) is 40.8 Å². The van der Waals surface area contributed by atoms with Crippen molar-refractivity contribution >= 4 is 29.6 Å². The van der Waals surface area contributed by atoms with E-state index in [9.17, 15) is 14.4 Å². The molecule has 0 aromatic carbocycles. The zero-order valence-electron chi connectivity index (χ0n) is 11.2. The van der Waals surface area contributed by atoms with E-state index in [1.54, 1.807) is 12.3 Å². The van der Waals surface area contributed by atoms with Crippen LogP contribution in [0.15, 0.2) is 23.8 Å². The summed E-state index contributed by atoms with van der Waals surface area (Å²) in [5.41, 5.74) is 0.234. The van der Waals surface area contributed by atoms with E-state index >= 15 is 0 Å². The molecule has 7 heteroatoms. The molecule has 0 aromatic heterocycles. The van der Waals surface area contributed by atoms with Crippen LogP contribution >= 0.6 is 11.8 Å². The van der Waals surface area contributed by atoms with Crippen molar-refractivity contribution in [2.24, 2.45) is 5.92 Å². The Balaban J connectivity index is 2.00. The van der Waals surface area contributed by atoms with Crippen LogP contribution in [0.25, 0.3) is 0 Å². The van der Waals surface area contributed by atoms with Gasteiger partial charge in [-0.3, -0.25) is 14.5 Å². The fourth-order valence-corrected chi connectivity index (χ4v) is 3.53. The van der Waals surface area contributed by atoms with Gasteiger partial charge in [0.1, 0.15) is 29.7 Å². The van der Waals surface area contributed by atoms with Crippen molar-refractivity contribution in [1.82, 2.24) is 4.90 Å². The van der Waals surface area contributed by atoms with E-state index in [2.05, 4.69) is 6.58 Å². The number of carbonyl (C=O) groups excluding carboxylic acids is 3. The SMILES string of the molecule is C=CCOC(=O)C1=CS[C@@H]2C(C(C)OC(C)=O)C(=O)N12. The third-order valence-electron chi connectivity index (χ3n) is 3.06. The minimum absolute atomic E-state index is 0.0980. The first-order valence-electron chi connectivity index (χ1n) is 6.11. The average Bonchev–Trinajstić information content (AvgIpc) is 2.74. The molecule has 2 unspecified atom stereocenters. The van der Waals surface area contributed by atoms with E-state index in [-0.39, 0.29) is 23.6 Å². The molecule has 2 heterocycles. The van der Waals surface area contributed by atoms with Gasteiger partial charge in [0.05, 0.1) is 0 Å². The minimum atomic E-state index is -0.549. The van der Waals surface area contributed by atoms with Crippen LogP contribution in [0, 0.1) is 5.92 Å². The average molecular weight is 297 g/mol. The molecule has 1 fully saturated rings. The van der Waals surface area contributed by atoms with E-state index in [4.69, 9.17) is 9.47 Å². The Hall–Kier alpha value is -1.76. The van der Waals surface area contributed by atoms with Gasteiger partial charge in [-0.15, -0.1) is 11.8 Å². The maximum atomic E-state index is 12.1. The van der Waals surface area contributed by atoms with Crippen molar-refractivity contribution in [3.63, 3.8) is 0 Å². The van der Waals surface area contributed by atoms with Gasteiger partial charge in [0.2, 0.25) is 5.91 Å². The highest BCUT2D eigenvalue weighted by molar-refractivity contribution is 8.03. The van der Waals surface area contributed by atoms with E-state index in [1.807, 2.05) is 0 Å². The molecule has 0 spiro atoms. The number of fused-ring (bicyclic) bond motifs is 1. The molecule has 0 radical (unpaired) electrons. The van der Waals surface area contributed by atoms with Crippen LogP contribution in [0.5, 0.6) is 0 Å². The summed E-state index contributed by atoms with van der Waals surface area (Å²) in [6, 6.07) is 0. The Bertz CT molecular complexity index is 501. The summed E-state index contributed by atoms with van der Waals surface area (Å²) in [4.78, 5) is 36.2. The molecule has 0 N–H and O–H groups in total. The number of hydrogen-bond acceptors (Lipinski definition) is 6. The topological polar surface area (TPSA) is 72.9 Å². The van der Waals surface area contributed by atoms with E-state index in [1.165, 1.54) is 29.7 Å². The number of nitrogens with zero attached hydrogens (tertiary/aromatic N) is 1. The first-order chi connectivity index (χ1) is 9.47. The number of carbonyl (C=O) groups is 3. The number of β-lactam (4-membered cyclic amide) rings is 1. The van der Waals surface area contributed by atoms with Gasteiger partial charge in [-0.2, -0.15) is 0 Å². The smallest absolute Gasteiger partial charge is 0.355 e. The summed E-state index contributed by atoms with van der Waals surface area (Å²) >= 11 is 1.35. The molecule has 0 saturated carbocycles. The van der Waals surface area contributed by atoms with Gasteiger partial charge in [-0.05, 0) is 6.92 Å².